The Morgan fingerprint density at radius 3 is 2.40 bits per heavy atom. The van der Waals surface area contributed by atoms with Crippen LogP contribution in [0.4, 0.5) is 5.69 Å². The van der Waals surface area contributed by atoms with E-state index in [-0.39, 0.29) is 26.5 Å². The minimum Gasteiger partial charge on any atom is -0.324 e. The SMILES string of the molecule is C=CCS(=O)(=O)C(C)C(=O)Nc1cc(Cl)c(Cl)cc1Cl. The molecular weight excluding hydrogens is 345 g/mol. The fourth-order valence-electron chi connectivity index (χ4n) is 1.32. The van der Waals surface area contributed by atoms with Crippen LogP contribution >= 0.6 is 34.8 Å². The lowest BCUT2D eigenvalue weighted by Crippen LogP contribution is -2.33. The molecule has 8 heteroatoms. The van der Waals surface area contributed by atoms with E-state index in [0.717, 1.165) is 0 Å². The number of carbonyl (C=O) groups is 1. The molecule has 110 valence electrons. The van der Waals surface area contributed by atoms with Crippen molar-refractivity contribution in [2.75, 3.05) is 11.1 Å². The fraction of sp³-hybridized carbons (Fsp3) is 0.250. The van der Waals surface area contributed by atoms with Crippen molar-refractivity contribution in [3.05, 3.63) is 39.9 Å². The van der Waals surface area contributed by atoms with Gasteiger partial charge in [-0.3, -0.25) is 4.79 Å². The Labute approximate surface area is 132 Å². The summed E-state index contributed by atoms with van der Waals surface area (Å²) in [7, 11) is -3.59. The Bertz CT molecular complexity index is 644. The van der Waals surface area contributed by atoms with E-state index in [2.05, 4.69) is 11.9 Å². The van der Waals surface area contributed by atoms with Gasteiger partial charge in [-0.25, -0.2) is 8.42 Å². The first-order valence-electron chi connectivity index (χ1n) is 5.47. The van der Waals surface area contributed by atoms with Gasteiger partial charge in [0.15, 0.2) is 9.84 Å². The van der Waals surface area contributed by atoms with E-state index in [1.54, 1.807) is 0 Å². The number of nitrogens with one attached hydrogen (secondary N) is 1. The molecule has 1 atom stereocenters. The van der Waals surface area contributed by atoms with E-state index >= 15 is 0 Å². The molecule has 0 aromatic heterocycles. The molecule has 1 aromatic carbocycles. The third-order valence-corrected chi connectivity index (χ3v) is 5.55. The van der Waals surface area contributed by atoms with Gasteiger partial charge in [-0.05, 0) is 19.1 Å². The smallest absolute Gasteiger partial charge is 0.242 e. The zero-order chi connectivity index (χ0) is 15.5. The maximum absolute atomic E-state index is 11.9. The third kappa shape index (κ3) is 4.12. The first-order chi connectivity index (χ1) is 9.19. The van der Waals surface area contributed by atoms with Crippen molar-refractivity contribution in [2.24, 2.45) is 0 Å². The van der Waals surface area contributed by atoms with Crippen molar-refractivity contribution >= 4 is 56.2 Å². The number of halogens is 3. The second-order valence-electron chi connectivity index (χ2n) is 4.00. The predicted molar refractivity (Wildman–Crippen MR) is 83.5 cm³/mol. The van der Waals surface area contributed by atoms with Crippen molar-refractivity contribution in [3.63, 3.8) is 0 Å². The van der Waals surface area contributed by atoms with E-state index in [4.69, 9.17) is 34.8 Å². The van der Waals surface area contributed by atoms with Crippen molar-refractivity contribution in [1.29, 1.82) is 0 Å². The lowest BCUT2D eigenvalue weighted by Gasteiger charge is -2.13. The largest absolute Gasteiger partial charge is 0.324 e. The molecule has 0 saturated heterocycles. The highest BCUT2D eigenvalue weighted by Gasteiger charge is 2.27. The van der Waals surface area contributed by atoms with E-state index in [9.17, 15) is 13.2 Å². The third-order valence-electron chi connectivity index (χ3n) is 2.53. The number of sulfone groups is 1. The van der Waals surface area contributed by atoms with Gasteiger partial charge in [0.1, 0.15) is 5.25 Å². The highest BCUT2D eigenvalue weighted by Crippen LogP contribution is 2.32. The van der Waals surface area contributed by atoms with Crippen LogP contribution in [0.25, 0.3) is 0 Å². The van der Waals surface area contributed by atoms with Gasteiger partial charge in [-0.2, -0.15) is 0 Å². The van der Waals surface area contributed by atoms with Gasteiger partial charge in [0, 0.05) is 0 Å². The van der Waals surface area contributed by atoms with Crippen LogP contribution in [0.2, 0.25) is 15.1 Å². The summed E-state index contributed by atoms with van der Waals surface area (Å²) in [5.74, 6) is -0.983. The Hall–Kier alpha value is -0.750. The molecule has 1 N–H and O–H groups in total. The molecule has 0 radical (unpaired) electrons. The Morgan fingerprint density at radius 2 is 1.85 bits per heavy atom. The van der Waals surface area contributed by atoms with Crippen molar-refractivity contribution in [1.82, 2.24) is 0 Å². The summed E-state index contributed by atoms with van der Waals surface area (Å²) in [5.41, 5.74) is 0.201. The van der Waals surface area contributed by atoms with Crippen LogP contribution in [0.5, 0.6) is 0 Å². The number of amides is 1. The zero-order valence-electron chi connectivity index (χ0n) is 10.5. The number of carbonyl (C=O) groups excluding carboxylic acids is 1. The van der Waals surface area contributed by atoms with E-state index in [1.165, 1.54) is 25.1 Å². The maximum atomic E-state index is 11.9. The summed E-state index contributed by atoms with van der Waals surface area (Å²) in [5, 5.41) is 1.79. The summed E-state index contributed by atoms with van der Waals surface area (Å²) < 4.78 is 23.5. The predicted octanol–water partition coefficient (Wildman–Crippen LogP) is 3.57. The topological polar surface area (TPSA) is 63.2 Å². The molecule has 0 spiro atoms. The molecule has 0 fully saturated rings. The lowest BCUT2D eigenvalue weighted by molar-refractivity contribution is -0.115. The highest BCUT2D eigenvalue weighted by molar-refractivity contribution is 7.92. The van der Waals surface area contributed by atoms with E-state index < -0.39 is 21.0 Å². The van der Waals surface area contributed by atoms with Crippen LogP contribution in [0.15, 0.2) is 24.8 Å². The standard InChI is InChI=1S/C12H12Cl3NO3S/c1-3-4-20(18,19)7(2)12(17)16-11-6-9(14)8(13)5-10(11)15/h3,5-7H,1,4H2,2H3,(H,16,17). The number of anilines is 1. The molecule has 0 heterocycles. The monoisotopic (exact) mass is 355 g/mol. The fourth-order valence-corrected chi connectivity index (χ4v) is 2.92. The van der Waals surface area contributed by atoms with E-state index in [1.807, 2.05) is 0 Å². The van der Waals surface area contributed by atoms with Crippen LogP contribution in [-0.4, -0.2) is 25.3 Å². The van der Waals surface area contributed by atoms with Crippen LogP contribution in [0.1, 0.15) is 6.92 Å². The molecule has 0 aliphatic heterocycles. The normalized spacial score (nSPS) is 12.8. The number of benzene rings is 1. The first kappa shape index (κ1) is 17.3. The van der Waals surface area contributed by atoms with Crippen LogP contribution in [0, 0.1) is 0 Å². The highest BCUT2D eigenvalue weighted by atomic mass is 35.5. The zero-order valence-corrected chi connectivity index (χ0v) is 13.6. The van der Waals surface area contributed by atoms with Gasteiger partial charge in [0.25, 0.3) is 0 Å². The number of hydrogen-bond acceptors (Lipinski definition) is 3. The minimum atomic E-state index is -3.59. The summed E-state index contributed by atoms with van der Waals surface area (Å²) in [6, 6.07) is 2.72. The van der Waals surface area contributed by atoms with Gasteiger partial charge in [-0.1, -0.05) is 40.9 Å². The van der Waals surface area contributed by atoms with Crippen molar-refractivity contribution < 1.29 is 13.2 Å². The molecule has 1 rings (SSSR count). The number of hydrogen-bond donors (Lipinski definition) is 1. The van der Waals surface area contributed by atoms with Crippen molar-refractivity contribution in [2.45, 2.75) is 12.2 Å². The number of rotatable bonds is 5. The van der Waals surface area contributed by atoms with Gasteiger partial charge >= 0.3 is 0 Å². The van der Waals surface area contributed by atoms with E-state index in [0.29, 0.717) is 0 Å². The minimum absolute atomic E-state index is 0.168. The molecule has 0 bridgehead atoms. The summed E-state index contributed by atoms with van der Waals surface area (Å²) >= 11 is 17.5. The Kier molecular flexibility index (Phi) is 5.89. The average molecular weight is 357 g/mol. The molecule has 0 saturated carbocycles. The summed E-state index contributed by atoms with van der Waals surface area (Å²) in [6.07, 6.45) is 1.23. The molecule has 4 nitrogen and oxygen atoms in total. The van der Waals surface area contributed by atoms with Gasteiger partial charge in [-0.15, -0.1) is 6.58 Å². The molecule has 0 aliphatic rings. The van der Waals surface area contributed by atoms with Crippen molar-refractivity contribution in [3.8, 4) is 0 Å². The van der Waals surface area contributed by atoms with Crippen LogP contribution in [0.3, 0.4) is 0 Å². The summed E-state index contributed by atoms with van der Waals surface area (Å²) in [4.78, 5) is 11.9. The molecule has 20 heavy (non-hydrogen) atoms. The molecule has 1 aromatic rings. The summed E-state index contributed by atoms with van der Waals surface area (Å²) in [6.45, 7) is 4.63. The average Bonchev–Trinajstić information content (AvgIpc) is 2.34. The molecule has 0 aliphatic carbocycles. The molecule has 1 unspecified atom stereocenters. The second-order valence-corrected chi connectivity index (χ2v) is 7.58. The first-order valence-corrected chi connectivity index (χ1v) is 8.32. The maximum Gasteiger partial charge on any atom is 0.242 e. The van der Waals surface area contributed by atoms with Gasteiger partial charge < -0.3 is 5.32 Å². The quantitative estimate of drug-likeness (QED) is 0.648. The molecular formula is C12H12Cl3NO3S. The van der Waals surface area contributed by atoms with Gasteiger partial charge in [0.05, 0.1) is 26.5 Å². The van der Waals surface area contributed by atoms with Crippen LogP contribution in [-0.2, 0) is 14.6 Å². The Balaban J connectivity index is 2.97. The van der Waals surface area contributed by atoms with Crippen LogP contribution < -0.4 is 5.32 Å². The molecule has 1 amide bonds. The van der Waals surface area contributed by atoms with Gasteiger partial charge in [0.2, 0.25) is 5.91 Å². The lowest BCUT2D eigenvalue weighted by atomic mass is 10.3. The second kappa shape index (κ2) is 6.80. The Morgan fingerprint density at radius 1 is 1.30 bits per heavy atom.